The number of nitrogens with one attached hydrogen (secondary N) is 1. The Morgan fingerprint density at radius 1 is 1.21 bits per heavy atom. The lowest BCUT2D eigenvalue weighted by Crippen LogP contribution is -2.11. The molecule has 0 heterocycles. The van der Waals surface area contributed by atoms with Gasteiger partial charge in [-0.1, -0.05) is 29.4 Å². The van der Waals surface area contributed by atoms with E-state index in [9.17, 15) is 4.79 Å². The van der Waals surface area contributed by atoms with E-state index in [0.717, 1.165) is 0 Å². The van der Waals surface area contributed by atoms with Gasteiger partial charge in [0.1, 0.15) is 0 Å². The van der Waals surface area contributed by atoms with E-state index in [0.29, 0.717) is 21.4 Å². The average molecular weight is 317 g/mol. The van der Waals surface area contributed by atoms with Crippen molar-refractivity contribution in [3.63, 3.8) is 0 Å². The first kappa shape index (κ1) is 13.1. The fraction of sp³-hybridized carbons (Fsp3) is 0. The van der Waals surface area contributed by atoms with E-state index in [1.807, 2.05) is 6.07 Å². The molecule has 0 spiro atoms. The number of hydrogen-bond acceptors (Lipinski definition) is 2. The highest BCUT2D eigenvalue weighted by Crippen LogP contribution is 2.27. The Morgan fingerprint density at radius 3 is 2.58 bits per heavy atom. The molecule has 0 aliphatic heterocycles. The van der Waals surface area contributed by atoms with Crippen LogP contribution in [0.3, 0.4) is 0 Å². The molecule has 6 heteroatoms. The van der Waals surface area contributed by atoms with Crippen LogP contribution < -0.4 is 5.32 Å². The van der Waals surface area contributed by atoms with E-state index >= 15 is 0 Å². The molecule has 0 radical (unpaired) electrons. The minimum atomic E-state index is -0.196. The smallest absolute Gasteiger partial charge is 0.255 e. The molecule has 94 valence electrons. The highest BCUT2D eigenvalue weighted by molar-refractivity contribution is 9.10. The second-order valence-corrected chi connectivity index (χ2v) is 4.53. The van der Waals surface area contributed by atoms with Gasteiger partial charge in [-0.25, -0.2) is 0 Å². The lowest BCUT2D eigenvalue weighted by Gasteiger charge is -2.07. The number of halogens is 1. The van der Waals surface area contributed by atoms with Crippen molar-refractivity contribution < 1.29 is 4.79 Å². The van der Waals surface area contributed by atoms with E-state index in [4.69, 9.17) is 5.53 Å². The molecule has 0 saturated carbocycles. The Kier molecular flexibility index (Phi) is 4.18. The average Bonchev–Trinajstić information content (AvgIpc) is 2.43. The van der Waals surface area contributed by atoms with Crippen LogP contribution in [0.1, 0.15) is 10.4 Å². The molecule has 19 heavy (non-hydrogen) atoms. The Morgan fingerprint density at radius 2 is 1.95 bits per heavy atom. The number of rotatable bonds is 3. The van der Waals surface area contributed by atoms with Crippen molar-refractivity contribution in [2.24, 2.45) is 5.11 Å². The third-order valence-corrected chi connectivity index (χ3v) is 3.05. The van der Waals surface area contributed by atoms with Crippen LogP contribution >= 0.6 is 15.9 Å². The van der Waals surface area contributed by atoms with Gasteiger partial charge in [-0.05, 0) is 45.7 Å². The summed E-state index contributed by atoms with van der Waals surface area (Å²) in [5.41, 5.74) is 10.0. The third kappa shape index (κ3) is 3.34. The van der Waals surface area contributed by atoms with Crippen LogP contribution in [0.15, 0.2) is 58.1 Å². The van der Waals surface area contributed by atoms with Crippen LogP contribution in [0.25, 0.3) is 10.4 Å². The molecule has 2 aromatic rings. The van der Waals surface area contributed by atoms with Crippen LogP contribution in [0.4, 0.5) is 11.4 Å². The molecule has 5 nitrogen and oxygen atoms in total. The van der Waals surface area contributed by atoms with Gasteiger partial charge in [0.2, 0.25) is 0 Å². The van der Waals surface area contributed by atoms with E-state index in [2.05, 4.69) is 31.3 Å². The summed E-state index contributed by atoms with van der Waals surface area (Å²) in [6.07, 6.45) is 0. The van der Waals surface area contributed by atoms with E-state index in [1.165, 1.54) is 0 Å². The van der Waals surface area contributed by atoms with Gasteiger partial charge in [0.05, 0.1) is 5.69 Å². The summed E-state index contributed by atoms with van der Waals surface area (Å²) >= 11 is 3.32. The predicted octanol–water partition coefficient (Wildman–Crippen LogP) is 4.64. The van der Waals surface area contributed by atoms with Gasteiger partial charge in [-0.15, -0.1) is 0 Å². The Hall–Kier alpha value is -2.30. The third-order valence-electron chi connectivity index (χ3n) is 2.40. The molecule has 0 aliphatic rings. The zero-order valence-corrected chi connectivity index (χ0v) is 11.3. The van der Waals surface area contributed by atoms with Crippen molar-refractivity contribution in [1.82, 2.24) is 0 Å². The molecule has 0 unspecified atom stereocenters. The molecule has 2 aromatic carbocycles. The lowest BCUT2D eigenvalue weighted by atomic mass is 10.2. The summed E-state index contributed by atoms with van der Waals surface area (Å²) in [4.78, 5) is 14.7. The van der Waals surface area contributed by atoms with Crippen LogP contribution in [0, 0.1) is 0 Å². The maximum Gasteiger partial charge on any atom is 0.255 e. The summed E-state index contributed by atoms with van der Waals surface area (Å²) in [5, 5.41) is 6.26. The number of carbonyl (C=O) groups is 1. The van der Waals surface area contributed by atoms with Gasteiger partial charge in [-0.3, -0.25) is 4.79 Å². The summed E-state index contributed by atoms with van der Waals surface area (Å²) in [5.74, 6) is -0.196. The minimum absolute atomic E-state index is 0.196. The number of amides is 1. The molecule has 2 rings (SSSR count). The first-order valence-electron chi connectivity index (χ1n) is 5.42. The minimum Gasteiger partial charge on any atom is -0.321 e. The van der Waals surface area contributed by atoms with Crippen molar-refractivity contribution >= 4 is 33.2 Å². The second-order valence-electron chi connectivity index (χ2n) is 3.67. The van der Waals surface area contributed by atoms with Crippen molar-refractivity contribution in [3.05, 3.63) is 69.0 Å². The quantitative estimate of drug-likeness (QED) is 0.499. The number of anilines is 1. The number of nitrogens with zero attached hydrogens (tertiary/aromatic N) is 3. The molecule has 0 aromatic heterocycles. The fourth-order valence-electron chi connectivity index (χ4n) is 1.50. The van der Waals surface area contributed by atoms with Crippen LogP contribution in [0.2, 0.25) is 0 Å². The number of hydrogen-bond donors (Lipinski definition) is 1. The van der Waals surface area contributed by atoms with Crippen LogP contribution in [-0.4, -0.2) is 5.91 Å². The largest absolute Gasteiger partial charge is 0.321 e. The molecule has 1 N–H and O–H groups in total. The first-order valence-corrected chi connectivity index (χ1v) is 6.21. The normalized spacial score (nSPS) is 9.53. The van der Waals surface area contributed by atoms with E-state index < -0.39 is 0 Å². The van der Waals surface area contributed by atoms with E-state index in [1.54, 1.807) is 42.5 Å². The molecular formula is C13H9BrN4O. The van der Waals surface area contributed by atoms with Crippen LogP contribution in [0.5, 0.6) is 0 Å². The number of carbonyl (C=O) groups excluding carboxylic acids is 1. The molecule has 0 saturated heterocycles. The van der Waals surface area contributed by atoms with Crippen molar-refractivity contribution in [2.75, 3.05) is 5.32 Å². The summed E-state index contributed by atoms with van der Waals surface area (Å²) in [6, 6.07) is 13.9. The monoisotopic (exact) mass is 316 g/mol. The maximum atomic E-state index is 12.0. The lowest BCUT2D eigenvalue weighted by molar-refractivity contribution is 0.102. The zero-order chi connectivity index (χ0) is 13.7. The van der Waals surface area contributed by atoms with Crippen LogP contribution in [-0.2, 0) is 0 Å². The van der Waals surface area contributed by atoms with Gasteiger partial charge in [0.15, 0.2) is 0 Å². The van der Waals surface area contributed by atoms with Gasteiger partial charge in [0.25, 0.3) is 5.91 Å². The number of azide groups is 1. The highest BCUT2D eigenvalue weighted by Gasteiger charge is 2.07. The fourth-order valence-corrected chi connectivity index (χ4v) is 1.97. The Bertz CT molecular complexity index is 651. The molecule has 1 amide bonds. The van der Waals surface area contributed by atoms with E-state index in [-0.39, 0.29) is 5.91 Å². The molecule has 0 atom stereocenters. The Balaban J connectivity index is 2.20. The Labute approximate surface area is 118 Å². The van der Waals surface area contributed by atoms with Crippen molar-refractivity contribution in [1.29, 1.82) is 0 Å². The topological polar surface area (TPSA) is 77.9 Å². The molecular weight excluding hydrogens is 308 g/mol. The zero-order valence-electron chi connectivity index (χ0n) is 9.75. The number of benzene rings is 2. The van der Waals surface area contributed by atoms with Crippen molar-refractivity contribution in [3.8, 4) is 0 Å². The second kappa shape index (κ2) is 6.04. The van der Waals surface area contributed by atoms with Gasteiger partial charge < -0.3 is 5.32 Å². The molecule has 0 fully saturated rings. The van der Waals surface area contributed by atoms with Gasteiger partial charge >= 0.3 is 0 Å². The first-order chi connectivity index (χ1) is 9.20. The van der Waals surface area contributed by atoms with Gasteiger partial charge in [0, 0.05) is 20.6 Å². The predicted molar refractivity (Wildman–Crippen MR) is 77.3 cm³/mol. The summed E-state index contributed by atoms with van der Waals surface area (Å²) < 4.78 is 0.654. The summed E-state index contributed by atoms with van der Waals surface area (Å²) in [7, 11) is 0. The van der Waals surface area contributed by atoms with Gasteiger partial charge in [-0.2, -0.15) is 0 Å². The summed E-state index contributed by atoms with van der Waals surface area (Å²) in [6.45, 7) is 0. The highest BCUT2D eigenvalue weighted by atomic mass is 79.9. The molecule has 0 aliphatic carbocycles. The SMILES string of the molecule is [N-]=[N+]=Nc1ccc(NC(=O)c2ccccc2)c(Br)c1. The maximum absolute atomic E-state index is 12.0. The standard InChI is InChI=1S/C13H9BrN4O/c14-11-8-10(17-18-15)6-7-12(11)16-13(19)9-4-2-1-3-5-9/h1-8H,(H,16,19). The van der Waals surface area contributed by atoms with Crippen molar-refractivity contribution in [2.45, 2.75) is 0 Å². The molecule has 0 bridgehead atoms.